The highest BCUT2D eigenvalue weighted by molar-refractivity contribution is 5.92. The van der Waals surface area contributed by atoms with Crippen molar-refractivity contribution in [1.82, 2.24) is 0 Å². The number of allylic oxidation sites excluding steroid dienone is 4. The summed E-state index contributed by atoms with van der Waals surface area (Å²) in [7, 11) is 0. The predicted octanol–water partition coefficient (Wildman–Crippen LogP) is 2.80. The first kappa shape index (κ1) is 14.4. The van der Waals surface area contributed by atoms with Gasteiger partial charge in [0.2, 0.25) is 0 Å². The minimum Gasteiger partial charge on any atom is -0.329 e. The zero-order chi connectivity index (χ0) is 15.5. The number of Topliss-reactive ketones (excluding diaryl/α,β-unsaturated/α-hetero) is 1. The van der Waals surface area contributed by atoms with E-state index in [1.807, 2.05) is 6.08 Å². The highest BCUT2D eigenvalue weighted by Crippen LogP contribution is 2.62. The molecule has 0 spiro atoms. The second kappa shape index (κ2) is 4.64. The fourth-order valence-corrected chi connectivity index (χ4v) is 5.96. The molecule has 4 rings (SSSR count). The lowest BCUT2D eigenvalue weighted by Crippen LogP contribution is -2.52. The van der Waals surface area contributed by atoms with Gasteiger partial charge < -0.3 is 5.73 Å². The van der Waals surface area contributed by atoms with Gasteiger partial charge in [0, 0.05) is 24.8 Å². The first-order valence-electron chi connectivity index (χ1n) is 8.68. The van der Waals surface area contributed by atoms with Gasteiger partial charge in [-0.3, -0.25) is 9.59 Å². The highest BCUT2D eigenvalue weighted by Gasteiger charge is 2.59. The average molecular weight is 299 g/mol. The Hall–Kier alpha value is -1.22. The van der Waals surface area contributed by atoms with Gasteiger partial charge in [0.05, 0.1) is 0 Å². The summed E-state index contributed by atoms with van der Waals surface area (Å²) in [6, 6.07) is 0. The van der Waals surface area contributed by atoms with Crippen molar-refractivity contribution >= 4 is 11.6 Å². The third-order valence-electron chi connectivity index (χ3n) is 7.33. The first-order chi connectivity index (χ1) is 10.5. The Morgan fingerprint density at radius 1 is 1.18 bits per heavy atom. The maximum atomic E-state index is 12.5. The Labute approximate surface area is 132 Å². The van der Waals surface area contributed by atoms with Gasteiger partial charge in [0.25, 0.3) is 0 Å². The van der Waals surface area contributed by atoms with Crippen LogP contribution < -0.4 is 5.73 Å². The van der Waals surface area contributed by atoms with Gasteiger partial charge >= 0.3 is 0 Å². The van der Waals surface area contributed by atoms with Gasteiger partial charge in [0.1, 0.15) is 5.78 Å². The molecule has 2 fully saturated rings. The van der Waals surface area contributed by atoms with E-state index < -0.39 is 0 Å². The molecule has 0 radical (unpaired) electrons. The number of carbonyl (C=O) groups is 2. The molecule has 5 atom stereocenters. The SMILES string of the molecule is C[C@]12CCC(=O)C=C1C=C[C@H]1[C@@H]3CCC(=O)[C@@]3(CN)CC[C@@H]12. The van der Waals surface area contributed by atoms with Crippen LogP contribution >= 0.6 is 0 Å². The molecule has 0 aromatic rings. The topological polar surface area (TPSA) is 60.2 Å². The third-order valence-corrected chi connectivity index (χ3v) is 7.33. The third kappa shape index (κ3) is 1.66. The minimum atomic E-state index is -0.256. The summed E-state index contributed by atoms with van der Waals surface area (Å²) in [4.78, 5) is 24.3. The van der Waals surface area contributed by atoms with E-state index in [4.69, 9.17) is 5.73 Å². The number of hydrogen-bond acceptors (Lipinski definition) is 3. The van der Waals surface area contributed by atoms with Crippen molar-refractivity contribution in [3.05, 3.63) is 23.8 Å². The molecule has 2 saturated carbocycles. The Morgan fingerprint density at radius 2 is 2.00 bits per heavy atom. The molecule has 118 valence electrons. The van der Waals surface area contributed by atoms with E-state index in [9.17, 15) is 9.59 Å². The average Bonchev–Trinajstić information content (AvgIpc) is 2.86. The van der Waals surface area contributed by atoms with Crippen LogP contribution in [0.3, 0.4) is 0 Å². The van der Waals surface area contributed by atoms with Crippen LogP contribution in [0.2, 0.25) is 0 Å². The van der Waals surface area contributed by atoms with E-state index in [-0.39, 0.29) is 16.6 Å². The monoisotopic (exact) mass is 299 g/mol. The van der Waals surface area contributed by atoms with E-state index in [1.165, 1.54) is 5.57 Å². The normalized spacial score (nSPS) is 46.8. The van der Waals surface area contributed by atoms with Gasteiger partial charge in [-0.15, -0.1) is 0 Å². The molecule has 3 heteroatoms. The fraction of sp³-hybridized carbons (Fsp3) is 0.684. The molecule has 2 N–H and O–H groups in total. The summed E-state index contributed by atoms with van der Waals surface area (Å²) in [6.07, 6.45) is 11.7. The zero-order valence-electron chi connectivity index (χ0n) is 13.3. The van der Waals surface area contributed by atoms with Crippen LogP contribution in [0, 0.1) is 28.6 Å². The molecule has 0 aromatic heterocycles. The van der Waals surface area contributed by atoms with Crippen LogP contribution in [0.15, 0.2) is 23.8 Å². The number of carbonyl (C=O) groups excluding carboxylic acids is 2. The number of ketones is 2. The Balaban J connectivity index is 1.76. The van der Waals surface area contributed by atoms with E-state index in [0.717, 1.165) is 25.7 Å². The van der Waals surface area contributed by atoms with Crippen LogP contribution in [-0.2, 0) is 9.59 Å². The summed E-state index contributed by atoms with van der Waals surface area (Å²) < 4.78 is 0. The molecule has 0 amide bonds. The zero-order valence-corrected chi connectivity index (χ0v) is 13.3. The molecule has 0 unspecified atom stereocenters. The highest BCUT2D eigenvalue weighted by atomic mass is 16.1. The molecule has 0 saturated heterocycles. The number of fused-ring (bicyclic) bond motifs is 5. The van der Waals surface area contributed by atoms with Crippen LogP contribution in [0.4, 0.5) is 0 Å². The molecular formula is C19H25NO2. The van der Waals surface area contributed by atoms with Gasteiger partial charge in [-0.2, -0.15) is 0 Å². The lowest BCUT2D eigenvalue weighted by Gasteiger charge is -2.55. The molecule has 22 heavy (non-hydrogen) atoms. The standard InChI is InChI=1S/C19H25NO2/c1-18-8-6-13(21)10-12(18)2-3-14-15(18)7-9-19(11-20)16(14)4-5-17(19)22/h2-3,10,14-16H,4-9,11,20H2,1H3/t14-,15+,16+,18+,19-/m1/s1. The van der Waals surface area contributed by atoms with Crippen molar-refractivity contribution in [2.24, 2.45) is 34.3 Å². The van der Waals surface area contributed by atoms with Gasteiger partial charge in [0.15, 0.2) is 5.78 Å². The summed E-state index contributed by atoms with van der Waals surface area (Å²) in [5.74, 6) is 2.10. The van der Waals surface area contributed by atoms with Crippen molar-refractivity contribution in [1.29, 1.82) is 0 Å². The second-order valence-corrected chi connectivity index (χ2v) is 7.99. The van der Waals surface area contributed by atoms with Crippen molar-refractivity contribution in [3.8, 4) is 0 Å². The number of nitrogens with two attached hydrogens (primary N) is 1. The number of rotatable bonds is 1. The number of hydrogen-bond donors (Lipinski definition) is 1. The summed E-state index contributed by atoms with van der Waals surface area (Å²) in [5, 5.41) is 0. The van der Waals surface area contributed by atoms with Crippen LogP contribution in [-0.4, -0.2) is 18.1 Å². The first-order valence-corrected chi connectivity index (χ1v) is 8.68. The van der Waals surface area contributed by atoms with Crippen molar-refractivity contribution < 1.29 is 9.59 Å². The van der Waals surface area contributed by atoms with Crippen LogP contribution in [0.5, 0.6) is 0 Å². The van der Waals surface area contributed by atoms with Gasteiger partial charge in [-0.05, 0) is 60.5 Å². The van der Waals surface area contributed by atoms with E-state index >= 15 is 0 Å². The smallest absolute Gasteiger partial charge is 0.156 e. The maximum Gasteiger partial charge on any atom is 0.156 e. The second-order valence-electron chi connectivity index (χ2n) is 7.99. The summed E-state index contributed by atoms with van der Waals surface area (Å²) in [5.41, 5.74) is 7.15. The fourth-order valence-electron chi connectivity index (χ4n) is 5.96. The maximum absolute atomic E-state index is 12.5. The van der Waals surface area contributed by atoms with Crippen molar-refractivity contribution in [2.75, 3.05) is 6.54 Å². The molecular weight excluding hydrogens is 274 g/mol. The molecule has 3 nitrogen and oxygen atoms in total. The van der Waals surface area contributed by atoms with E-state index in [0.29, 0.717) is 42.9 Å². The summed E-state index contributed by atoms with van der Waals surface area (Å²) in [6.45, 7) is 2.84. The van der Waals surface area contributed by atoms with Crippen molar-refractivity contribution in [3.63, 3.8) is 0 Å². The molecule has 0 bridgehead atoms. The van der Waals surface area contributed by atoms with Crippen LogP contribution in [0.25, 0.3) is 0 Å². The van der Waals surface area contributed by atoms with Crippen LogP contribution in [0.1, 0.15) is 45.4 Å². The molecule has 0 aromatic carbocycles. The molecule has 0 aliphatic heterocycles. The van der Waals surface area contributed by atoms with Gasteiger partial charge in [-0.25, -0.2) is 0 Å². The predicted molar refractivity (Wildman–Crippen MR) is 85.0 cm³/mol. The van der Waals surface area contributed by atoms with Gasteiger partial charge in [-0.1, -0.05) is 19.1 Å². The summed E-state index contributed by atoms with van der Waals surface area (Å²) >= 11 is 0. The lowest BCUT2D eigenvalue weighted by atomic mass is 9.49. The minimum absolute atomic E-state index is 0.111. The molecule has 0 heterocycles. The molecule has 4 aliphatic rings. The molecule has 4 aliphatic carbocycles. The Kier molecular flexibility index (Phi) is 3.03. The Morgan fingerprint density at radius 3 is 2.77 bits per heavy atom. The quantitative estimate of drug-likeness (QED) is 0.810. The van der Waals surface area contributed by atoms with E-state index in [1.54, 1.807) is 0 Å². The Bertz CT molecular complexity index is 605. The van der Waals surface area contributed by atoms with Crippen molar-refractivity contribution in [2.45, 2.75) is 45.4 Å². The lowest BCUT2D eigenvalue weighted by molar-refractivity contribution is -0.131. The van der Waals surface area contributed by atoms with E-state index in [2.05, 4.69) is 19.1 Å². The largest absolute Gasteiger partial charge is 0.329 e.